The molecule has 2 rings (SSSR count). The van der Waals surface area contributed by atoms with Gasteiger partial charge >= 0.3 is 0 Å². The molecule has 0 spiro atoms. The number of nitrogens with one attached hydrogen (secondary N) is 1. The molecule has 1 aromatic heterocycles. The van der Waals surface area contributed by atoms with Crippen LogP contribution in [-0.2, 0) is 6.42 Å². The van der Waals surface area contributed by atoms with Crippen LogP contribution >= 0.6 is 11.3 Å². The van der Waals surface area contributed by atoms with Crippen LogP contribution in [0.5, 0.6) is 5.75 Å². The molecule has 0 saturated carbocycles. The molecule has 4 heteroatoms. The van der Waals surface area contributed by atoms with Crippen LogP contribution in [0, 0.1) is 5.82 Å². The van der Waals surface area contributed by atoms with Crippen LogP contribution in [0.2, 0.25) is 0 Å². The summed E-state index contributed by atoms with van der Waals surface area (Å²) in [6.07, 6.45) is 0.861. The average Bonchev–Trinajstić information content (AvgIpc) is 2.88. The molecule has 96 valence electrons. The number of hydrogen-bond acceptors (Lipinski definition) is 3. The van der Waals surface area contributed by atoms with E-state index in [2.05, 4.69) is 16.8 Å². The Morgan fingerprint density at radius 3 is 2.78 bits per heavy atom. The number of methoxy groups -OCH3 is 1. The summed E-state index contributed by atoms with van der Waals surface area (Å²) in [7, 11) is 3.36. The van der Waals surface area contributed by atoms with E-state index >= 15 is 0 Å². The summed E-state index contributed by atoms with van der Waals surface area (Å²) in [6.45, 7) is 0. The first-order valence-electron chi connectivity index (χ1n) is 5.77. The van der Waals surface area contributed by atoms with Crippen molar-refractivity contribution in [3.05, 3.63) is 52.0 Å². The first-order valence-corrected chi connectivity index (χ1v) is 6.65. The third kappa shape index (κ3) is 2.89. The van der Waals surface area contributed by atoms with Crippen LogP contribution in [0.3, 0.4) is 0 Å². The van der Waals surface area contributed by atoms with Gasteiger partial charge in [0.2, 0.25) is 0 Å². The van der Waals surface area contributed by atoms with Crippen LogP contribution < -0.4 is 10.1 Å². The lowest BCUT2D eigenvalue weighted by atomic mass is 10.0. The van der Waals surface area contributed by atoms with E-state index in [1.165, 1.54) is 18.1 Å². The topological polar surface area (TPSA) is 21.3 Å². The van der Waals surface area contributed by atoms with E-state index in [1.807, 2.05) is 19.2 Å². The van der Waals surface area contributed by atoms with Crippen molar-refractivity contribution >= 4 is 11.3 Å². The van der Waals surface area contributed by atoms with E-state index in [0.717, 1.165) is 12.0 Å². The highest BCUT2D eigenvalue weighted by atomic mass is 32.1. The van der Waals surface area contributed by atoms with Crippen molar-refractivity contribution < 1.29 is 9.13 Å². The minimum atomic E-state index is -0.318. The standard InChI is InChI=1S/C14H16FNOS/c1-16-13(9-11-4-3-7-18-11)10-5-6-14(17-2)12(15)8-10/h3-8,13,16H,9H2,1-2H3. The van der Waals surface area contributed by atoms with Crippen LogP contribution in [0.1, 0.15) is 16.5 Å². The van der Waals surface area contributed by atoms with Crippen molar-refractivity contribution in [2.75, 3.05) is 14.2 Å². The molecule has 0 saturated heterocycles. The summed E-state index contributed by atoms with van der Waals surface area (Å²) in [6, 6.07) is 9.34. The van der Waals surface area contributed by atoms with Gasteiger partial charge in [-0.2, -0.15) is 0 Å². The quantitative estimate of drug-likeness (QED) is 0.894. The number of thiophene rings is 1. The summed E-state index contributed by atoms with van der Waals surface area (Å²) in [5.41, 5.74) is 0.934. The number of halogens is 1. The molecule has 1 heterocycles. The lowest BCUT2D eigenvalue weighted by Crippen LogP contribution is -2.18. The van der Waals surface area contributed by atoms with Gasteiger partial charge in [-0.1, -0.05) is 12.1 Å². The zero-order chi connectivity index (χ0) is 13.0. The van der Waals surface area contributed by atoms with Gasteiger partial charge in [-0.25, -0.2) is 4.39 Å². The molecule has 1 unspecified atom stereocenters. The molecule has 0 aliphatic heterocycles. The summed E-state index contributed by atoms with van der Waals surface area (Å²) in [5.74, 6) is -0.0360. The van der Waals surface area contributed by atoms with E-state index in [-0.39, 0.29) is 17.6 Å². The van der Waals surface area contributed by atoms with Gasteiger partial charge in [0.25, 0.3) is 0 Å². The van der Waals surface area contributed by atoms with Gasteiger partial charge in [-0.05, 0) is 36.2 Å². The summed E-state index contributed by atoms with van der Waals surface area (Å²) in [5, 5.41) is 5.27. The maximum absolute atomic E-state index is 13.7. The maximum atomic E-state index is 13.7. The molecule has 1 aromatic carbocycles. The van der Waals surface area contributed by atoms with Crippen LogP contribution in [0.15, 0.2) is 35.7 Å². The highest BCUT2D eigenvalue weighted by Gasteiger charge is 2.13. The fourth-order valence-corrected chi connectivity index (χ4v) is 2.67. The molecule has 0 bridgehead atoms. The van der Waals surface area contributed by atoms with Crippen LogP contribution in [0.25, 0.3) is 0 Å². The van der Waals surface area contributed by atoms with Gasteiger partial charge in [0.1, 0.15) is 0 Å². The Bertz CT molecular complexity index is 499. The third-order valence-corrected chi connectivity index (χ3v) is 3.81. The Morgan fingerprint density at radius 2 is 2.22 bits per heavy atom. The highest BCUT2D eigenvalue weighted by molar-refractivity contribution is 7.09. The van der Waals surface area contributed by atoms with Gasteiger partial charge in [0.05, 0.1) is 7.11 Å². The normalized spacial score (nSPS) is 12.4. The molecule has 1 atom stereocenters. The number of benzene rings is 1. The monoisotopic (exact) mass is 265 g/mol. The molecule has 1 N–H and O–H groups in total. The molecule has 0 radical (unpaired) electrons. The average molecular weight is 265 g/mol. The molecule has 0 aliphatic rings. The minimum absolute atomic E-state index is 0.115. The van der Waals surface area contributed by atoms with E-state index in [0.29, 0.717) is 0 Å². The van der Waals surface area contributed by atoms with Crippen molar-refractivity contribution in [1.82, 2.24) is 5.32 Å². The Morgan fingerprint density at radius 1 is 1.39 bits per heavy atom. The molecule has 0 fully saturated rings. The zero-order valence-corrected chi connectivity index (χ0v) is 11.3. The van der Waals surface area contributed by atoms with Crippen molar-refractivity contribution in [3.63, 3.8) is 0 Å². The second-order valence-electron chi connectivity index (χ2n) is 4.02. The molecular weight excluding hydrogens is 249 g/mol. The van der Waals surface area contributed by atoms with Gasteiger partial charge < -0.3 is 10.1 Å². The predicted octanol–water partition coefficient (Wildman–Crippen LogP) is 3.40. The summed E-state index contributed by atoms with van der Waals surface area (Å²) >= 11 is 1.71. The lowest BCUT2D eigenvalue weighted by molar-refractivity contribution is 0.385. The number of ether oxygens (including phenoxy) is 1. The maximum Gasteiger partial charge on any atom is 0.165 e. The van der Waals surface area contributed by atoms with E-state index in [1.54, 1.807) is 17.4 Å². The van der Waals surface area contributed by atoms with Crippen LogP contribution in [0.4, 0.5) is 4.39 Å². The predicted molar refractivity (Wildman–Crippen MR) is 72.8 cm³/mol. The van der Waals surface area contributed by atoms with E-state index in [4.69, 9.17) is 4.74 Å². The minimum Gasteiger partial charge on any atom is -0.494 e. The van der Waals surface area contributed by atoms with Crippen molar-refractivity contribution in [3.8, 4) is 5.75 Å². The molecule has 18 heavy (non-hydrogen) atoms. The van der Waals surface area contributed by atoms with E-state index in [9.17, 15) is 4.39 Å². The smallest absolute Gasteiger partial charge is 0.165 e. The number of hydrogen-bond donors (Lipinski definition) is 1. The molecular formula is C14H16FNOS. The van der Waals surface area contributed by atoms with Gasteiger partial charge in [0, 0.05) is 17.3 Å². The van der Waals surface area contributed by atoms with Crippen molar-refractivity contribution in [2.24, 2.45) is 0 Å². The fraction of sp³-hybridized carbons (Fsp3) is 0.286. The first-order chi connectivity index (χ1) is 8.74. The summed E-state index contributed by atoms with van der Waals surface area (Å²) in [4.78, 5) is 1.28. The number of likely N-dealkylation sites (N-methyl/N-ethyl adjacent to an activating group) is 1. The fourth-order valence-electron chi connectivity index (χ4n) is 1.92. The SMILES string of the molecule is CNC(Cc1cccs1)c1ccc(OC)c(F)c1. The van der Waals surface area contributed by atoms with Gasteiger partial charge in [-0.3, -0.25) is 0 Å². The number of rotatable bonds is 5. The van der Waals surface area contributed by atoms with Crippen molar-refractivity contribution in [1.29, 1.82) is 0 Å². The van der Waals surface area contributed by atoms with Crippen molar-refractivity contribution in [2.45, 2.75) is 12.5 Å². The third-order valence-electron chi connectivity index (χ3n) is 2.91. The molecule has 2 aromatic rings. The van der Waals surface area contributed by atoms with Crippen LogP contribution in [-0.4, -0.2) is 14.2 Å². The largest absolute Gasteiger partial charge is 0.494 e. The second kappa shape index (κ2) is 5.98. The Balaban J connectivity index is 2.19. The first kappa shape index (κ1) is 13.1. The highest BCUT2D eigenvalue weighted by Crippen LogP contribution is 2.25. The van der Waals surface area contributed by atoms with E-state index < -0.39 is 0 Å². The van der Waals surface area contributed by atoms with Gasteiger partial charge in [-0.15, -0.1) is 11.3 Å². The molecule has 0 aliphatic carbocycles. The Hall–Kier alpha value is -1.39. The summed E-state index contributed by atoms with van der Waals surface area (Å²) < 4.78 is 18.6. The second-order valence-corrected chi connectivity index (χ2v) is 5.05. The Labute approximate surface area is 110 Å². The van der Waals surface area contributed by atoms with Gasteiger partial charge in [0.15, 0.2) is 11.6 Å². The lowest BCUT2D eigenvalue weighted by Gasteiger charge is -2.16. The molecule has 0 amide bonds. The Kier molecular flexibility index (Phi) is 4.33. The molecule has 2 nitrogen and oxygen atoms in total. The zero-order valence-electron chi connectivity index (χ0n) is 10.4.